The van der Waals surface area contributed by atoms with E-state index in [0.29, 0.717) is 5.69 Å². The molecule has 1 unspecified atom stereocenters. The second-order valence-electron chi connectivity index (χ2n) is 4.18. The fourth-order valence-corrected chi connectivity index (χ4v) is 2.53. The van der Waals surface area contributed by atoms with E-state index in [4.69, 9.17) is 5.73 Å². The minimum Gasteiger partial charge on any atom is -0.393 e. The van der Waals surface area contributed by atoms with Crippen molar-refractivity contribution in [2.45, 2.75) is 19.9 Å². The summed E-state index contributed by atoms with van der Waals surface area (Å²) >= 11 is 1.56. The summed E-state index contributed by atoms with van der Waals surface area (Å²) < 4.78 is 0. The molecule has 0 amide bonds. The Kier molecular flexibility index (Phi) is 3.66. The molecule has 0 aliphatic rings. The number of anilines is 2. The average molecular weight is 278 g/mol. The van der Waals surface area contributed by atoms with Crippen LogP contribution in [0.2, 0.25) is 0 Å². The first-order chi connectivity index (χ1) is 8.99. The van der Waals surface area contributed by atoms with Crippen LogP contribution in [0, 0.1) is 17.0 Å². The fourth-order valence-electron chi connectivity index (χ4n) is 1.75. The molecular formula is C12H14N4O2S. The maximum atomic E-state index is 11.0. The molecule has 3 N–H and O–H groups in total. The molecule has 19 heavy (non-hydrogen) atoms. The molecule has 1 aromatic heterocycles. The van der Waals surface area contributed by atoms with E-state index < -0.39 is 4.92 Å². The van der Waals surface area contributed by atoms with Crippen molar-refractivity contribution in [2.24, 2.45) is 0 Å². The normalized spacial score (nSPS) is 12.1. The SMILES string of the molecule is Cc1cnc(C(C)Nc2cccc(N)c2[N+](=O)[O-])s1. The van der Waals surface area contributed by atoms with Crippen LogP contribution in [-0.2, 0) is 0 Å². The lowest BCUT2D eigenvalue weighted by atomic mass is 10.2. The van der Waals surface area contributed by atoms with E-state index in [-0.39, 0.29) is 17.4 Å². The first kappa shape index (κ1) is 13.3. The lowest BCUT2D eigenvalue weighted by Crippen LogP contribution is -2.09. The number of aryl methyl sites for hydroxylation is 1. The minimum atomic E-state index is -0.475. The Labute approximate surface area is 114 Å². The first-order valence-electron chi connectivity index (χ1n) is 5.70. The van der Waals surface area contributed by atoms with Crippen molar-refractivity contribution in [1.82, 2.24) is 4.98 Å². The predicted octanol–water partition coefficient (Wildman–Crippen LogP) is 3.12. The number of nitrogens with one attached hydrogen (secondary N) is 1. The Balaban J connectivity index is 2.28. The summed E-state index contributed by atoms with van der Waals surface area (Å²) in [5, 5.41) is 15.0. The number of nitro groups is 1. The topological polar surface area (TPSA) is 94.1 Å². The van der Waals surface area contributed by atoms with Crippen LogP contribution >= 0.6 is 11.3 Å². The number of nitrogen functional groups attached to an aromatic ring is 1. The van der Waals surface area contributed by atoms with Gasteiger partial charge < -0.3 is 11.1 Å². The Morgan fingerprint density at radius 2 is 2.26 bits per heavy atom. The average Bonchev–Trinajstić information content (AvgIpc) is 2.75. The van der Waals surface area contributed by atoms with Crippen LogP contribution in [0.1, 0.15) is 22.9 Å². The molecule has 7 heteroatoms. The molecule has 6 nitrogen and oxygen atoms in total. The van der Waals surface area contributed by atoms with Crippen LogP contribution < -0.4 is 11.1 Å². The van der Waals surface area contributed by atoms with Crippen molar-refractivity contribution in [3.05, 3.63) is 44.4 Å². The van der Waals surface area contributed by atoms with Crippen molar-refractivity contribution in [3.8, 4) is 0 Å². The van der Waals surface area contributed by atoms with Crippen LogP contribution in [0.5, 0.6) is 0 Å². The molecule has 2 aromatic rings. The van der Waals surface area contributed by atoms with Crippen LogP contribution in [0.15, 0.2) is 24.4 Å². The molecule has 100 valence electrons. The highest BCUT2D eigenvalue weighted by Gasteiger charge is 2.20. The van der Waals surface area contributed by atoms with Crippen molar-refractivity contribution in [3.63, 3.8) is 0 Å². The smallest absolute Gasteiger partial charge is 0.314 e. The lowest BCUT2D eigenvalue weighted by molar-refractivity contribution is -0.383. The van der Waals surface area contributed by atoms with Gasteiger partial charge in [0.05, 0.1) is 11.0 Å². The first-order valence-corrected chi connectivity index (χ1v) is 6.52. The number of aromatic nitrogens is 1. The summed E-state index contributed by atoms with van der Waals surface area (Å²) in [6.07, 6.45) is 1.78. The van der Waals surface area contributed by atoms with Crippen LogP contribution in [0.25, 0.3) is 0 Å². The lowest BCUT2D eigenvalue weighted by Gasteiger charge is -2.13. The standard InChI is InChI=1S/C12H14N4O2S/c1-7-6-14-12(19-7)8(2)15-10-5-3-4-9(13)11(10)16(17)18/h3-6,8,15H,13H2,1-2H3. The molecule has 0 radical (unpaired) electrons. The summed E-state index contributed by atoms with van der Waals surface area (Å²) in [6.45, 7) is 3.88. The van der Waals surface area contributed by atoms with Crippen molar-refractivity contribution in [1.29, 1.82) is 0 Å². The van der Waals surface area contributed by atoms with Gasteiger partial charge in [-0.05, 0) is 26.0 Å². The number of rotatable bonds is 4. The predicted molar refractivity (Wildman–Crippen MR) is 76.4 cm³/mol. The Morgan fingerprint density at radius 3 is 2.84 bits per heavy atom. The number of benzene rings is 1. The molecule has 0 saturated carbocycles. The summed E-state index contributed by atoms with van der Waals surface area (Å²) in [7, 11) is 0. The Morgan fingerprint density at radius 1 is 1.53 bits per heavy atom. The quantitative estimate of drug-likeness (QED) is 0.509. The van der Waals surface area contributed by atoms with E-state index in [2.05, 4.69) is 10.3 Å². The van der Waals surface area contributed by atoms with Gasteiger partial charge in [0, 0.05) is 11.1 Å². The maximum absolute atomic E-state index is 11.0. The molecule has 1 aromatic carbocycles. The molecule has 0 aliphatic carbocycles. The third kappa shape index (κ3) is 2.82. The van der Waals surface area contributed by atoms with E-state index in [1.807, 2.05) is 13.8 Å². The number of hydrogen-bond acceptors (Lipinski definition) is 6. The number of thiazole rings is 1. The van der Waals surface area contributed by atoms with Gasteiger partial charge in [-0.15, -0.1) is 11.3 Å². The van der Waals surface area contributed by atoms with Crippen LogP contribution in [0.4, 0.5) is 17.1 Å². The van der Waals surface area contributed by atoms with Crippen molar-refractivity contribution >= 4 is 28.4 Å². The second kappa shape index (κ2) is 5.23. The third-order valence-electron chi connectivity index (χ3n) is 2.63. The highest BCUT2D eigenvalue weighted by molar-refractivity contribution is 7.11. The molecule has 0 saturated heterocycles. The highest BCUT2D eigenvalue weighted by atomic mass is 32.1. The van der Waals surface area contributed by atoms with Crippen LogP contribution in [0.3, 0.4) is 0 Å². The van der Waals surface area contributed by atoms with Crippen molar-refractivity contribution < 1.29 is 4.92 Å². The Bertz CT molecular complexity index is 612. The van der Waals surface area contributed by atoms with E-state index >= 15 is 0 Å². The molecule has 1 heterocycles. The van der Waals surface area contributed by atoms with Gasteiger partial charge in [0.25, 0.3) is 0 Å². The van der Waals surface area contributed by atoms with Crippen molar-refractivity contribution in [2.75, 3.05) is 11.1 Å². The molecule has 2 rings (SSSR count). The molecule has 0 fully saturated rings. The molecule has 0 bridgehead atoms. The van der Waals surface area contributed by atoms with Gasteiger partial charge in [-0.3, -0.25) is 10.1 Å². The summed E-state index contributed by atoms with van der Waals surface area (Å²) in [5.41, 5.74) is 6.11. The van der Waals surface area contributed by atoms with Gasteiger partial charge in [-0.2, -0.15) is 0 Å². The zero-order chi connectivity index (χ0) is 14.0. The van der Waals surface area contributed by atoms with E-state index in [9.17, 15) is 10.1 Å². The van der Waals surface area contributed by atoms with E-state index in [1.165, 1.54) is 6.07 Å². The fraction of sp³-hybridized carbons (Fsp3) is 0.250. The largest absolute Gasteiger partial charge is 0.393 e. The number of para-hydroxylation sites is 1. The summed E-state index contributed by atoms with van der Waals surface area (Å²) in [6, 6.07) is 4.73. The van der Waals surface area contributed by atoms with Gasteiger partial charge in [0.2, 0.25) is 0 Å². The third-order valence-corrected chi connectivity index (χ3v) is 3.73. The van der Waals surface area contributed by atoms with Gasteiger partial charge >= 0.3 is 5.69 Å². The number of nitro benzene ring substituents is 1. The maximum Gasteiger partial charge on any atom is 0.314 e. The summed E-state index contributed by atoms with van der Waals surface area (Å²) in [4.78, 5) is 15.9. The van der Waals surface area contributed by atoms with Gasteiger partial charge in [-0.25, -0.2) is 4.98 Å². The summed E-state index contributed by atoms with van der Waals surface area (Å²) in [5.74, 6) is 0. The number of hydrogen-bond donors (Lipinski definition) is 2. The Hall–Kier alpha value is -2.15. The highest BCUT2D eigenvalue weighted by Crippen LogP contribution is 2.33. The molecule has 0 aliphatic heterocycles. The van der Waals surface area contributed by atoms with Crippen LogP contribution in [-0.4, -0.2) is 9.91 Å². The zero-order valence-electron chi connectivity index (χ0n) is 10.6. The van der Waals surface area contributed by atoms with E-state index in [0.717, 1.165) is 9.88 Å². The number of nitrogens with zero attached hydrogens (tertiary/aromatic N) is 2. The van der Waals surface area contributed by atoms with E-state index in [1.54, 1.807) is 29.7 Å². The number of nitrogens with two attached hydrogens (primary N) is 1. The monoisotopic (exact) mass is 278 g/mol. The van der Waals surface area contributed by atoms with Gasteiger partial charge in [0.1, 0.15) is 16.4 Å². The minimum absolute atomic E-state index is 0.0948. The van der Waals surface area contributed by atoms with Gasteiger partial charge in [0.15, 0.2) is 0 Å². The zero-order valence-corrected chi connectivity index (χ0v) is 11.4. The molecule has 1 atom stereocenters. The molecular weight excluding hydrogens is 264 g/mol. The van der Waals surface area contributed by atoms with Gasteiger partial charge in [-0.1, -0.05) is 6.07 Å². The second-order valence-corrected chi connectivity index (χ2v) is 5.44. The molecule has 0 spiro atoms.